The molecule has 1 fully saturated rings. The molecule has 0 bridgehead atoms. The summed E-state index contributed by atoms with van der Waals surface area (Å²) in [4.78, 5) is 20.0. The van der Waals surface area contributed by atoms with Crippen molar-refractivity contribution in [1.82, 2.24) is 14.9 Å². The van der Waals surface area contributed by atoms with Crippen molar-refractivity contribution >= 4 is 27.4 Å². The van der Waals surface area contributed by atoms with Crippen molar-refractivity contribution in [1.29, 1.82) is 5.26 Å². The van der Waals surface area contributed by atoms with E-state index in [1.165, 1.54) is 17.0 Å². The number of carbonyl (C=O) groups is 1. The van der Waals surface area contributed by atoms with E-state index in [1.54, 1.807) is 0 Å². The molecule has 0 radical (unpaired) electrons. The Bertz CT molecular complexity index is 1110. The first-order valence-corrected chi connectivity index (χ1v) is 10.7. The lowest BCUT2D eigenvalue weighted by molar-refractivity contribution is 0.0869. The topological polar surface area (TPSA) is 146 Å². The summed E-state index contributed by atoms with van der Waals surface area (Å²) in [7, 11) is -3.57. The number of halogens is 1. The van der Waals surface area contributed by atoms with Crippen molar-refractivity contribution in [3.05, 3.63) is 35.9 Å². The van der Waals surface area contributed by atoms with Gasteiger partial charge < -0.3 is 20.1 Å². The molecule has 1 aromatic carbocycles. The van der Waals surface area contributed by atoms with Gasteiger partial charge in [0.1, 0.15) is 24.3 Å². The number of aromatic nitrogens is 2. The van der Waals surface area contributed by atoms with Crippen molar-refractivity contribution in [3.63, 3.8) is 0 Å². The van der Waals surface area contributed by atoms with Gasteiger partial charge in [-0.1, -0.05) is 0 Å². The second kappa shape index (κ2) is 8.50. The van der Waals surface area contributed by atoms with Gasteiger partial charge in [0.05, 0.1) is 10.6 Å². The van der Waals surface area contributed by atoms with Gasteiger partial charge in [-0.15, -0.1) is 0 Å². The van der Waals surface area contributed by atoms with E-state index in [2.05, 4.69) is 15.3 Å². The van der Waals surface area contributed by atoms with E-state index in [0.717, 1.165) is 18.6 Å². The van der Waals surface area contributed by atoms with Gasteiger partial charge in [-0.25, -0.2) is 27.6 Å². The Hall–Kier alpha value is -3.46. The van der Waals surface area contributed by atoms with Crippen molar-refractivity contribution < 1.29 is 27.4 Å². The molecule has 3 rings (SSSR count). The van der Waals surface area contributed by atoms with Gasteiger partial charge in [0.15, 0.2) is 21.2 Å². The van der Waals surface area contributed by atoms with E-state index in [-0.39, 0.29) is 33.9 Å². The molecule has 0 unspecified atom stereocenters. The molecule has 0 aliphatic carbocycles. The van der Waals surface area contributed by atoms with Crippen LogP contribution in [0, 0.1) is 17.1 Å². The fourth-order valence-electron chi connectivity index (χ4n) is 2.93. The van der Waals surface area contributed by atoms with Gasteiger partial charge in [0, 0.05) is 32.2 Å². The predicted molar refractivity (Wildman–Crippen MR) is 103 cm³/mol. The highest BCUT2D eigenvalue weighted by atomic mass is 32.2. The van der Waals surface area contributed by atoms with Crippen LogP contribution >= 0.6 is 0 Å². The highest BCUT2D eigenvalue weighted by molar-refractivity contribution is 7.90. The summed E-state index contributed by atoms with van der Waals surface area (Å²) in [5.41, 5.74) is -0.122. The summed E-state index contributed by atoms with van der Waals surface area (Å²) in [6, 6.07) is 5.27. The number of hydrogen-bond acceptors (Lipinski definition) is 8. The number of nitriles is 1. The van der Waals surface area contributed by atoms with Crippen LogP contribution in [0.15, 0.2) is 29.4 Å². The van der Waals surface area contributed by atoms with Gasteiger partial charge in [0.25, 0.3) is 0 Å². The van der Waals surface area contributed by atoms with Crippen molar-refractivity contribution in [2.24, 2.45) is 0 Å². The number of likely N-dealkylation sites (tertiary alicyclic amines) is 1. The summed E-state index contributed by atoms with van der Waals surface area (Å²) in [6.07, 6.45) is 1.66. The number of benzene rings is 1. The summed E-state index contributed by atoms with van der Waals surface area (Å²) < 4.78 is 43.2. The number of sulfone groups is 1. The van der Waals surface area contributed by atoms with E-state index in [1.807, 2.05) is 6.07 Å². The zero-order chi connectivity index (χ0) is 21.9. The number of amides is 1. The molecule has 1 amide bonds. The average molecular weight is 435 g/mol. The largest absolute Gasteiger partial charge is 0.473 e. The van der Waals surface area contributed by atoms with E-state index in [9.17, 15) is 22.9 Å². The summed E-state index contributed by atoms with van der Waals surface area (Å²) >= 11 is 0. The molecule has 1 saturated heterocycles. The molecule has 0 atom stereocenters. The molecule has 158 valence electrons. The van der Waals surface area contributed by atoms with Crippen LogP contribution in [0.1, 0.15) is 18.4 Å². The van der Waals surface area contributed by atoms with Crippen LogP contribution in [0.25, 0.3) is 0 Å². The fraction of sp³-hybridized carbons (Fsp3) is 0.333. The van der Waals surface area contributed by atoms with Gasteiger partial charge in [-0.3, -0.25) is 0 Å². The summed E-state index contributed by atoms with van der Waals surface area (Å²) in [5.74, 6) is -0.836. The molecular formula is C18H18FN5O5S. The third-order valence-corrected chi connectivity index (χ3v) is 5.65. The summed E-state index contributed by atoms with van der Waals surface area (Å²) in [6.45, 7) is 0.603. The first-order chi connectivity index (χ1) is 14.2. The number of nitrogens with zero attached hydrogens (tertiary/aromatic N) is 4. The van der Waals surface area contributed by atoms with Crippen molar-refractivity contribution in [2.75, 3.05) is 24.7 Å². The molecule has 0 spiro atoms. The normalized spacial score (nSPS) is 14.8. The molecular weight excluding hydrogens is 417 g/mol. The van der Waals surface area contributed by atoms with Crippen molar-refractivity contribution in [3.8, 4) is 11.9 Å². The Balaban J connectivity index is 1.79. The minimum absolute atomic E-state index is 0.00283. The fourth-order valence-corrected chi connectivity index (χ4v) is 3.57. The molecule has 12 heteroatoms. The maximum atomic E-state index is 14.3. The highest BCUT2D eigenvalue weighted by Gasteiger charge is 2.25. The Kier molecular flexibility index (Phi) is 6.02. The summed E-state index contributed by atoms with van der Waals surface area (Å²) in [5, 5.41) is 21.2. The van der Waals surface area contributed by atoms with Crippen LogP contribution in [0.5, 0.6) is 5.88 Å². The van der Waals surface area contributed by atoms with Crippen LogP contribution in [-0.2, 0) is 9.84 Å². The number of hydrogen-bond donors (Lipinski definition) is 2. The maximum Gasteiger partial charge on any atom is 0.407 e. The van der Waals surface area contributed by atoms with E-state index in [0.29, 0.717) is 25.9 Å². The molecule has 1 aromatic heterocycles. The van der Waals surface area contributed by atoms with Crippen LogP contribution in [0.4, 0.5) is 20.7 Å². The van der Waals surface area contributed by atoms with Gasteiger partial charge in [-0.2, -0.15) is 5.26 Å². The van der Waals surface area contributed by atoms with Gasteiger partial charge in [-0.05, 0) is 18.2 Å². The lowest BCUT2D eigenvalue weighted by atomic mass is 10.1. The average Bonchev–Trinajstić information content (AvgIpc) is 2.69. The smallest absolute Gasteiger partial charge is 0.407 e. The molecule has 1 aliphatic rings. The van der Waals surface area contributed by atoms with E-state index < -0.39 is 21.7 Å². The predicted octanol–water partition coefficient (Wildman–Crippen LogP) is 2.16. The molecule has 1 aliphatic heterocycles. The van der Waals surface area contributed by atoms with Crippen molar-refractivity contribution in [2.45, 2.75) is 23.8 Å². The zero-order valence-electron chi connectivity index (χ0n) is 15.9. The highest BCUT2D eigenvalue weighted by Crippen LogP contribution is 2.28. The monoisotopic (exact) mass is 435 g/mol. The zero-order valence-corrected chi connectivity index (χ0v) is 16.7. The molecule has 0 saturated carbocycles. The number of rotatable bonds is 5. The molecule has 10 nitrogen and oxygen atoms in total. The van der Waals surface area contributed by atoms with E-state index in [4.69, 9.17) is 9.84 Å². The van der Waals surface area contributed by atoms with Crippen LogP contribution in [0.2, 0.25) is 0 Å². The Morgan fingerprint density at radius 3 is 2.63 bits per heavy atom. The van der Waals surface area contributed by atoms with Crippen LogP contribution < -0.4 is 10.1 Å². The number of anilines is 2. The maximum absolute atomic E-state index is 14.3. The first kappa shape index (κ1) is 21.3. The molecule has 2 N–H and O–H groups in total. The first-order valence-electron chi connectivity index (χ1n) is 8.85. The number of carboxylic acid groups (broad SMARTS) is 1. The second-order valence-corrected chi connectivity index (χ2v) is 8.66. The molecule has 2 aromatic rings. The third kappa shape index (κ3) is 4.74. The SMILES string of the molecule is CS(=O)(=O)c1ccc(Nc2ncnc(OC3CCN(C(=O)O)CC3)c2C#N)c(F)c1. The van der Waals surface area contributed by atoms with Gasteiger partial charge >= 0.3 is 6.09 Å². The number of ether oxygens (including phenoxy) is 1. The quantitative estimate of drug-likeness (QED) is 0.721. The minimum atomic E-state index is -3.57. The van der Waals surface area contributed by atoms with Crippen LogP contribution in [0.3, 0.4) is 0 Å². The lowest BCUT2D eigenvalue weighted by Gasteiger charge is -2.30. The Labute approximate surface area is 171 Å². The van der Waals surface area contributed by atoms with Crippen LogP contribution in [-0.4, -0.2) is 59.9 Å². The Morgan fingerprint density at radius 1 is 1.37 bits per heavy atom. The van der Waals surface area contributed by atoms with Gasteiger partial charge in [0.2, 0.25) is 5.88 Å². The number of piperidine rings is 1. The molecule has 2 heterocycles. The second-order valence-electron chi connectivity index (χ2n) is 6.64. The minimum Gasteiger partial charge on any atom is -0.473 e. The lowest BCUT2D eigenvalue weighted by Crippen LogP contribution is -2.41. The Morgan fingerprint density at radius 2 is 2.07 bits per heavy atom. The standard InChI is InChI=1S/C18H18FN5O5S/c1-30(27,28)12-2-3-15(14(19)8-12)23-16-13(9-20)17(22-10-21-16)29-11-4-6-24(7-5-11)18(25)26/h2-3,8,10-11H,4-7H2,1H3,(H,25,26)(H,21,22,23). The third-order valence-electron chi connectivity index (χ3n) is 4.54. The van der Waals surface area contributed by atoms with E-state index >= 15 is 0 Å². The number of nitrogens with one attached hydrogen (secondary N) is 1. The molecule has 30 heavy (non-hydrogen) atoms.